The Bertz CT molecular complexity index is 935. The van der Waals surface area contributed by atoms with Crippen molar-refractivity contribution in [3.8, 4) is 0 Å². The topological polar surface area (TPSA) is 87.4 Å². The van der Waals surface area contributed by atoms with Gasteiger partial charge in [-0.3, -0.25) is 9.69 Å². The molecule has 7 nitrogen and oxygen atoms in total. The summed E-state index contributed by atoms with van der Waals surface area (Å²) < 4.78 is 40.6. The molecular formula is C25H35F3N6O. The summed E-state index contributed by atoms with van der Waals surface area (Å²) in [7, 11) is 0. The average Bonchev–Trinajstić information content (AvgIpc) is 2.86. The number of likely N-dealkylation sites (tertiary alicyclic amines) is 2. The second kappa shape index (κ2) is 12.7. The maximum Gasteiger partial charge on any atom is 0.225 e. The number of nitrogens with two attached hydrogens (primary N) is 1. The molecule has 0 radical (unpaired) electrons. The number of nitrogen functional groups attached to an aromatic ring is 1. The van der Waals surface area contributed by atoms with Gasteiger partial charge < -0.3 is 16.0 Å². The molecule has 1 aromatic heterocycles. The molecule has 0 saturated carbocycles. The van der Waals surface area contributed by atoms with Crippen LogP contribution in [0.15, 0.2) is 24.5 Å². The summed E-state index contributed by atoms with van der Waals surface area (Å²) in [6.45, 7) is 8.10. The second-order valence-electron chi connectivity index (χ2n) is 8.89. The minimum Gasteiger partial charge on any atom is -0.380 e. The Morgan fingerprint density at radius 3 is 2.14 bits per heavy atom. The molecule has 3 heterocycles. The third-order valence-electron chi connectivity index (χ3n) is 6.57. The lowest BCUT2D eigenvalue weighted by atomic mass is 9.92. The van der Waals surface area contributed by atoms with Crippen LogP contribution >= 0.6 is 0 Å². The molecule has 2 fully saturated rings. The van der Waals surface area contributed by atoms with Crippen molar-refractivity contribution in [3.05, 3.63) is 47.5 Å². The van der Waals surface area contributed by atoms with Gasteiger partial charge in [0.05, 0.1) is 0 Å². The van der Waals surface area contributed by atoms with Crippen LogP contribution in [0.25, 0.3) is 0 Å². The van der Waals surface area contributed by atoms with Gasteiger partial charge >= 0.3 is 0 Å². The number of hydrogen-bond donors (Lipinski definition) is 2. The smallest absolute Gasteiger partial charge is 0.225 e. The van der Waals surface area contributed by atoms with E-state index in [0.29, 0.717) is 31.8 Å². The van der Waals surface area contributed by atoms with Crippen molar-refractivity contribution in [1.29, 1.82) is 0 Å². The monoisotopic (exact) mass is 492 g/mol. The number of nitrogens with one attached hydrogen (secondary N) is 1. The Hall–Kier alpha value is -2.88. The number of rotatable bonds is 6. The van der Waals surface area contributed by atoms with Gasteiger partial charge in [-0.25, -0.2) is 23.1 Å². The van der Waals surface area contributed by atoms with Crippen molar-refractivity contribution >= 4 is 17.5 Å². The lowest BCUT2D eigenvalue weighted by Crippen LogP contribution is -2.46. The summed E-state index contributed by atoms with van der Waals surface area (Å²) in [5.41, 5.74) is 6.23. The number of amides is 1. The largest absolute Gasteiger partial charge is 0.380 e. The minimum absolute atomic E-state index is 0.0287. The van der Waals surface area contributed by atoms with Crippen molar-refractivity contribution in [2.75, 3.05) is 43.8 Å². The molecule has 10 heteroatoms. The maximum atomic E-state index is 13.8. The Balaban J connectivity index is 0.00000167. The highest BCUT2D eigenvalue weighted by Crippen LogP contribution is 2.26. The zero-order valence-electron chi connectivity index (χ0n) is 20.4. The fraction of sp³-hybridized carbons (Fsp3) is 0.560. The van der Waals surface area contributed by atoms with Gasteiger partial charge in [-0.15, -0.1) is 0 Å². The van der Waals surface area contributed by atoms with Crippen LogP contribution in [0.4, 0.5) is 24.8 Å². The predicted octanol–water partition coefficient (Wildman–Crippen LogP) is 4.07. The van der Waals surface area contributed by atoms with Gasteiger partial charge in [-0.05, 0) is 44.7 Å². The molecule has 0 atom stereocenters. The summed E-state index contributed by atoms with van der Waals surface area (Å²) in [4.78, 5) is 25.2. The van der Waals surface area contributed by atoms with Gasteiger partial charge in [0, 0.05) is 62.2 Å². The molecule has 35 heavy (non-hydrogen) atoms. The van der Waals surface area contributed by atoms with E-state index in [9.17, 15) is 18.0 Å². The van der Waals surface area contributed by atoms with E-state index in [1.807, 2.05) is 18.7 Å². The van der Waals surface area contributed by atoms with Crippen LogP contribution in [-0.4, -0.2) is 58.4 Å². The van der Waals surface area contributed by atoms with Gasteiger partial charge in [-0.1, -0.05) is 13.8 Å². The maximum absolute atomic E-state index is 13.8. The van der Waals surface area contributed by atoms with Crippen molar-refractivity contribution < 1.29 is 18.0 Å². The lowest BCUT2D eigenvalue weighted by molar-refractivity contribution is -0.138. The van der Waals surface area contributed by atoms with Crippen molar-refractivity contribution in [3.63, 3.8) is 0 Å². The lowest BCUT2D eigenvalue weighted by Gasteiger charge is -2.37. The summed E-state index contributed by atoms with van der Waals surface area (Å²) >= 11 is 0. The molecule has 192 valence electrons. The van der Waals surface area contributed by atoms with Crippen LogP contribution in [0.2, 0.25) is 0 Å². The van der Waals surface area contributed by atoms with Gasteiger partial charge in [0.25, 0.3) is 0 Å². The zero-order chi connectivity index (χ0) is 25.4. The van der Waals surface area contributed by atoms with E-state index in [2.05, 4.69) is 20.2 Å². The van der Waals surface area contributed by atoms with E-state index in [0.717, 1.165) is 50.9 Å². The molecule has 4 rings (SSSR count). The Morgan fingerprint density at radius 1 is 1.00 bits per heavy atom. The minimum atomic E-state index is -0.938. The molecule has 0 unspecified atom stereocenters. The van der Waals surface area contributed by atoms with Gasteiger partial charge in [0.2, 0.25) is 11.9 Å². The average molecular weight is 493 g/mol. The molecule has 2 saturated heterocycles. The number of carbonyl (C=O) groups excluding carboxylic acids is 1. The van der Waals surface area contributed by atoms with Gasteiger partial charge in [-0.2, -0.15) is 0 Å². The first-order valence-electron chi connectivity index (χ1n) is 12.3. The normalized spacial score (nSPS) is 17.6. The Kier molecular flexibility index (Phi) is 9.71. The van der Waals surface area contributed by atoms with Crippen LogP contribution < -0.4 is 11.1 Å². The first-order valence-corrected chi connectivity index (χ1v) is 12.3. The van der Waals surface area contributed by atoms with E-state index in [-0.39, 0.29) is 29.4 Å². The number of halogens is 3. The number of hydrogen-bond acceptors (Lipinski definition) is 6. The van der Waals surface area contributed by atoms with Crippen LogP contribution in [0.1, 0.15) is 45.1 Å². The fourth-order valence-electron chi connectivity index (χ4n) is 4.62. The number of piperidine rings is 2. The van der Waals surface area contributed by atoms with Crippen molar-refractivity contribution in [1.82, 2.24) is 19.8 Å². The standard InChI is InChI=1S/C23H29F3N6O.C2H6/c24-18-9-19(25)21(20(26)10-18)28-11-15-1-7-32(8-2-15)22(33)17-3-5-31(6-4-17)14-16-12-29-23(27)30-13-16;1-2/h9-10,12-13,15,17,28H,1-8,11,14H2,(H2,27,29,30);1-2H3. The summed E-state index contributed by atoms with van der Waals surface area (Å²) in [5, 5.41) is 2.77. The van der Waals surface area contributed by atoms with E-state index in [1.54, 1.807) is 12.4 Å². The first-order chi connectivity index (χ1) is 16.9. The SMILES string of the molecule is CC.Nc1ncc(CN2CCC(C(=O)N3CCC(CNc4c(F)cc(F)cc4F)CC3)CC2)cn1. The first kappa shape index (κ1) is 26.7. The number of anilines is 2. The molecule has 1 aromatic carbocycles. The van der Waals surface area contributed by atoms with Crippen LogP contribution in [0.5, 0.6) is 0 Å². The molecule has 3 N–H and O–H groups in total. The quantitative estimate of drug-likeness (QED) is 0.632. The number of aromatic nitrogens is 2. The molecule has 2 aliphatic rings. The Morgan fingerprint density at radius 2 is 1.57 bits per heavy atom. The molecular weight excluding hydrogens is 457 g/mol. The highest BCUT2D eigenvalue weighted by atomic mass is 19.1. The van der Waals surface area contributed by atoms with Crippen LogP contribution in [-0.2, 0) is 11.3 Å². The second-order valence-corrected chi connectivity index (χ2v) is 8.89. The fourth-order valence-corrected chi connectivity index (χ4v) is 4.62. The van der Waals surface area contributed by atoms with Crippen LogP contribution in [0, 0.1) is 29.3 Å². The number of nitrogens with zero attached hydrogens (tertiary/aromatic N) is 4. The third kappa shape index (κ3) is 7.30. The van der Waals surface area contributed by atoms with Crippen LogP contribution in [0.3, 0.4) is 0 Å². The number of benzene rings is 1. The predicted molar refractivity (Wildman–Crippen MR) is 130 cm³/mol. The van der Waals surface area contributed by atoms with E-state index in [4.69, 9.17) is 5.73 Å². The molecule has 0 aliphatic carbocycles. The summed E-state index contributed by atoms with van der Waals surface area (Å²) in [5.74, 6) is -2.12. The molecule has 2 aromatic rings. The van der Waals surface area contributed by atoms with Crippen molar-refractivity contribution in [2.24, 2.45) is 11.8 Å². The number of carbonyl (C=O) groups is 1. The van der Waals surface area contributed by atoms with Crippen molar-refractivity contribution in [2.45, 2.75) is 46.1 Å². The van der Waals surface area contributed by atoms with E-state index in [1.165, 1.54) is 0 Å². The highest BCUT2D eigenvalue weighted by Gasteiger charge is 2.31. The Labute approximate surface area is 204 Å². The molecule has 0 spiro atoms. The van der Waals surface area contributed by atoms with Gasteiger partial charge in [0.1, 0.15) is 11.5 Å². The molecule has 2 aliphatic heterocycles. The zero-order valence-corrected chi connectivity index (χ0v) is 20.4. The highest BCUT2D eigenvalue weighted by molar-refractivity contribution is 5.79. The summed E-state index contributed by atoms with van der Waals surface area (Å²) in [6.07, 6.45) is 6.63. The van der Waals surface area contributed by atoms with E-state index >= 15 is 0 Å². The summed E-state index contributed by atoms with van der Waals surface area (Å²) in [6, 6.07) is 1.34. The van der Waals surface area contributed by atoms with Gasteiger partial charge in [0.15, 0.2) is 11.6 Å². The molecule has 1 amide bonds. The third-order valence-corrected chi connectivity index (χ3v) is 6.57. The molecule has 0 bridgehead atoms. The van der Waals surface area contributed by atoms with E-state index < -0.39 is 17.5 Å².